The van der Waals surface area contributed by atoms with Gasteiger partial charge in [-0.15, -0.1) is 0 Å². The molecule has 0 aromatic carbocycles. The number of methoxy groups -OCH3 is 1. The van der Waals surface area contributed by atoms with Crippen LogP contribution >= 0.6 is 0 Å². The Bertz CT molecular complexity index is 732. The van der Waals surface area contributed by atoms with E-state index in [1.165, 1.54) is 0 Å². The van der Waals surface area contributed by atoms with Gasteiger partial charge >= 0.3 is 0 Å². The van der Waals surface area contributed by atoms with E-state index in [4.69, 9.17) is 9.26 Å². The molecule has 0 spiro atoms. The van der Waals surface area contributed by atoms with Gasteiger partial charge in [0.1, 0.15) is 11.6 Å². The van der Waals surface area contributed by atoms with Crippen LogP contribution in [0.25, 0.3) is 0 Å². The Morgan fingerprint density at radius 1 is 1.43 bits per heavy atom. The van der Waals surface area contributed by atoms with Crippen molar-refractivity contribution in [1.29, 1.82) is 0 Å². The van der Waals surface area contributed by atoms with Crippen LogP contribution < -0.4 is 0 Å². The molecule has 0 N–H and O–H groups in total. The Kier molecular flexibility index (Phi) is 3.45. The first-order chi connectivity index (χ1) is 11.2. The molecule has 2 aliphatic rings. The smallest absolute Gasteiger partial charge is 0.276 e. The summed E-state index contributed by atoms with van der Waals surface area (Å²) in [6, 6.07) is 1.70. The molecule has 1 fully saturated rings. The molecule has 0 unspecified atom stereocenters. The van der Waals surface area contributed by atoms with Gasteiger partial charge in [-0.3, -0.25) is 4.79 Å². The summed E-state index contributed by atoms with van der Waals surface area (Å²) in [4.78, 5) is 19.0. The molecule has 2 aromatic heterocycles. The molecule has 0 saturated heterocycles. The Morgan fingerprint density at radius 2 is 2.26 bits per heavy atom. The van der Waals surface area contributed by atoms with Crippen molar-refractivity contribution in [2.24, 2.45) is 0 Å². The number of carbonyl (C=O) groups excluding carboxylic acids is 1. The van der Waals surface area contributed by atoms with Crippen molar-refractivity contribution in [3.05, 3.63) is 35.2 Å². The normalized spacial score (nSPS) is 20.6. The van der Waals surface area contributed by atoms with Gasteiger partial charge < -0.3 is 18.7 Å². The van der Waals surface area contributed by atoms with Crippen LogP contribution in [0.5, 0.6) is 0 Å². The summed E-state index contributed by atoms with van der Waals surface area (Å²) >= 11 is 0. The maximum Gasteiger partial charge on any atom is 0.276 e. The molecular formula is C16H20N4O3. The topological polar surface area (TPSA) is 73.4 Å². The third-order valence-corrected chi connectivity index (χ3v) is 4.66. The van der Waals surface area contributed by atoms with Gasteiger partial charge in [0, 0.05) is 32.2 Å². The van der Waals surface area contributed by atoms with E-state index in [0.29, 0.717) is 24.8 Å². The summed E-state index contributed by atoms with van der Waals surface area (Å²) in [6.45, 7) is 3.87. The highest BCUT2D eigenvalue weighted by Crippen LogP contribution is 2.40. The fourth-order valence-corrected chi connectivity index (χ4v) is 3.20. The molecule has 0 radical (unpaired) electrons. The van der Waals surface area contributed by atoms with E-state index in [9.17, 15) is 4.79 Å². The number of amides is 1. The van der Waals surface area contributed by atoms with E-state index in [1.807, 2.05) is 18.0 Å². The zero-order chi connectivity index (χ0) is 16.0. The van der Waals surface area contributed by atoms with Crippen LogP contribution in [0.15, 0.2) is 16.8 Å². The molecule has 0 bridgehead atoms. The number of fused-ring (bicyclic) bond motifs is 1. The van der Waals surface area contributed by atoms with Gasteiger partial charge in [0.15, 0.2) is 5.69 Å². The lowest BCUT2D eigenvalue weighted by Crippen LogP contribution is -2.41. The first kappa shape index (κ1) is 14.4. The van der Waals surface area contributed by atoms with Crippen LogP contribution in [-0.2, 0) is 17.9 Å². The summed E-state index contributed by atoms with van der Waals surface area (Å²) in [5.74, 6) is 2.10. The van der Waals surface area contributed by atoms with Gasteiger partial charge in [0.05, 0.1) is 24.5 Å². The second kappa shape index (κ2) is 5.49. The van der Waals surface area contributed by atoms with Gasteiger partial charge in [0.25, 0.3) is 5.91 Å². The lowest BCUT2D eigenvalue weighted by molar-refractivity contribution is 0.0622. The molecule has 2 aromatic rings. The minimum atomic E-state index is -0.0945. The maximum atomic E-state index is 12.8. The molecule has 1 atom stereocenters. The third kappa shape index (κ3) is 2.45. The van der Waals surface area contributed by atoms with E-state index < -0.39 is 0 Å². The Hall–Kier alpha value is -2.15. The van der Waals surface area contributed by atoms with Gasteiger partial charge in [-0.05, 0) is 19.8 Å². The molecule has 122 valence electrons. The highest BCUT2D eigenvalue weighted by atomic mass is 16.5. The fourth-order valence-electron chi connectivity index (χ4n) is 3.20. The van der Waals surface area contributed by atoms with Gasteiger partial charge in [-0.1, -0.05) is 5.16 Å². The number of ether oxygens (including phenoxy) is 1. The summed E-state index contributed by atoms with van der Waals surface area (Å²) in [7, 11) is 1.67. The Balaban J connectivity index is 1.55. The monoisotopic (exact) mass is 316 g/mol. The zero-order valence-electron chi connectivity index (χ0n) is 13.4. The average molecular weight is 316 g/mol. The van der Waals surface area contributed by atoms with Crippen LogP contribution in [0.4, 0.5) is 0 Å². The van der Waals surface area contributed by atoms with Crippen molar-refractivity contribution in [2.45, 2.75) is 44.9 Å². The first-order valence-electron chi connectivity index (χ1n) is 8.00. The number of hydrogen-bond acceptors (Lipinski definition) is 5. The lowest BCUT2D eigenvalue weighted by Gasteiger charge is -2.33. The summed E-state index contributed by atoms with van der Waals surface area (Å²) in [5, 5.41) is 3.96. The molecular weight excluding hydrogens is 296 g/mol. The molecule has 23 heavy (non-hydrogen) atoms. The van der Waals surface area contributed by atoms with Crippen LogP contribution in [0.1, 0.15) is 59.5 Å². The number of aromatic nitrogens is 3. The second-order valence-electron chi connectivity index (χ2n) is 6.26. The van der Waals surface area contributed by atoms with Crippen LogP contribution in [0, 0.1) is 0 Å². The Labute approximate surface area is 134 Å². The van der Waals surface area contributed by atoms with E-state index in [-0.39, 0.29) is 11.9 Å². The van der Waals surface area contributed by atoms with Crippen molar-refractivity contribution < 1.29 is 14.1 Å². The summed E-state index contributed by atoms with van der Waals surface area (Å²) in [6.07, 6.45) is 4.08. The van der Waals surface area contributed by atoms with Crippen molar-refractivity contribution in [2.75, 3.05) is 13.7 Å². The molecule has 1 aliphatic carbocycles. The van der Waals surface area contributed by atoms with Crippen molar-refractivity contribution in [1.82, 2.24) is 19.6 Å². The molecule has 3 heterocycles. The standard InChI is InChI=1S/C16H20N4O3/c1-10-15-17-8-12(9-22-2)20(15)6-5-19(10)16(21)13-7-14(23-18-13)11-3-4-11/h7-8,10-11H,3-6,9H2,1-2H3/t10-/m0/s1. The molecule has 1 aliphatic heterocycles. The molecule has 1 saturated carbocycles. The Morgan fingerprint density at radius 3 is 3.00 bits per heavy atom. The molecule has 7 heteroatoms. The molecule has 4 rings (SSSR count). The summed E-state index contributed by atoms with van der Waals surface area (Å²) < 4.78 is 12.6. The van der Waals surface area contributed by atoms with E-state index >= 15 is 0 Å². The zero-order valence-corrected chi connectivity index (χ0v) is 13.4. The number of rotatable bonds is 4. The second-order valence-corrected chi connectivity index (χ2v) is 6.26. The van der Waals surface area contributed by atoms with Crippen LogP contribution in [0.2, 0.25) is 0 Å². The lowest BCUT2D eigenvalue weighted by atomic mass is 10.1. The quantitative estimate of drug-likeness (QED) is 0.864. The van der Waals surface area contributed by atoms with E-state index in [1.54, 1.807) is 13.2 Å². The van der Waals surface area contributed by atoms with Gasteiger partial charge in [-0.2, -0.15) is 0 Å². The average Bonchev–Trinajstić information content (AvgIpc) is 3.13. The van der Waals surface area contributed by atoms with Crippen LogP contribution in [-0.4, -0.2) is 39.2 Å². The number of nitrogens with zero attached hydrogens (tertiary/aromatic N) is 4. The largest absolute Gasteiger partial charge is 0.378 e. The molecule has 7 nitrogen and oxygen atoms in total. The number of imidazole rings is 1. The van der Waals surface area contributed by atoms with E-state index in [0.717, 1.165) is 36.7 Å². The van der Waals surface area contributed by atoms with E-state index in [2.05, 4.69) is 14.7 Å². The minimum Gasteiger partial charge on any atom is -0.378 e. The van der Waals surface area contributed by atoms with Crippen LogP contribution in [0.3, 0.4) is 0 Å². The predicted molar refractivity (Wildman–Crippen MR) is 80.9 cm³/mol. The van der Waals surface area contributed by atoms with Crippen molar-refractivity contribution >= 4 is 5.91 Å². The maximum absolute atomic E-state index is 12.8. The SMILES string of the molecule is COCc1cnc2n1CCN(C(=O)c1cc(C3CC3)on1)[C@H]2C. The fraction of sp³-hybridized carbons (Fsp3) is 0.562. The minimum absolute atomic E-state index is 0.0873. The van der Waals surface area contributed by atoms with Crippen molar-refractivity contribution in [3.63, 3.8) is 0 Å². The van der Waals surface area contributed by atoms with Gasteiger partial charge in [-0.25, -0.2) is 4.98 Å². The first-order valence-corrected chi connectivity index (χ1v) is 8.00. The number of carbonyl (C=O) groups is 1. The highest BCUT2D eigenvalue weighted by molar-refractivity contribution is 5.92. The number of hydrogen-bond donors (Lipinski definition) is 0. The predicted octanol–water partition coefficient (Wildman–Crippen LogP) is 2.11. The highest BCUT2D eigenvalue weighted by Gasteiger charge is 2.34. The van der Waals surface area contributed by atoms with Gasteiger partial charge in [0.2, 0.25) is 0 Å². The summed E-state index contributed by atoms with van der Waals surface area (Å²) in [5.41, 5.74) is 1.44. The van der Waals surface area contributed by atoms with Crippen molar-refractivity contribution in [3.8, 4) is 0 Å². The third-order valence-electron chi connectivity index (χ3n) is 4.66. The molecule has 1 amide bonds.